The zero-order valence-corrected chi connectivity index (χ0v) is 18.6. The van der Waals surface area contributed by atoms with Crippen molar-refractivity contribution in [2.75, 3.05) is 11.9 Å². The number of anilines is 1. The molecule has 1 N–H and O–H groups in total. The highest BCUT2D eigenvalue weighted by molar-refractivity contribution is 7.10. The molecule has 7 heteroatoms. The van der Waals surface area contributed by atoms with Gasteiger partial charge in [0.2, 0.25) is 11.8 Å². The quantitative estimate of drug-likeness (QED) is 0.494. The van der Waals surface area contributed by atoms with Crippen molar-refractivity contribution >= 4 is 39.9 Å². The molecule has 1 unspecified atom stereocenters. The molecular weight excluding hydrogens is 420 g/mol. The molecule has 1 saturated heterocycles. The maximum absolute atomic E-state index is 12.9. The molecule has 2 amide bonds. The molecule has 32 heavy (non-hydrogen) atoms. The van der Waals surface area contributed by atoms with Crippen LogP contribution in [0, 0.1) is 0 Å². The first-order valence-corrected chi connectivity index (χ1v) is 11.6. The third-order valence-electron chi connectivity index (χ3n) is 5.98. The van der Waals surface area contributed by atoms with Crippen molar-refractivity contribution in [3.8, 4) is 11.4 Å². The normalized spacial score (nSPS) is 15.9. The summed E-state index contributed by atoms with van der Waals surface area (Å²) in [6.45, 7) is 0.633. The van der Waals surface area contributed by atoms with Gasteiger partial charge in [-0.25, -0.2) is 4.98 Å². The Balaban J connectivity index is 1.28. The average Bonchev–Trinajstić information content (AvgIpc) is 3.55. The van der Waals surface area contributed by atoms with E-state index in [9.17, 15) is 9.59 Å². The Morgan fingerprint density at radius 1 is 1.09 bits per heavy atom. The Hall–Kier alpha value is -3.45. The summed E-state index contributed by atoms with van der Waals surface area (Å²) in [7, 11) is 2.00. The number of para-hydroxylation sites is 2. The molecule has 5 rings (SSSR count). The maximum atomic E-state index is 12.9. The Morgan fingerprint density at radius 2 is 1.91 bits per heavy atom. The number of carbonyl (C=O) groups is 2. The summed E-state index contributed by atoms with van der Waals surface area (Å²) in [5.41, 5.74) is 3.73. The fourth-order valence-corrected chi connectivity index (χ4v) is 5.03. The van der Waals surface area contributed by atoms with Crippen molar-refractivity contribution in [3.63, 3.8) is 0 Å². The van der Waals surface area contributed by atoms with Crippen LogP contribution in [0.1, 0.15) is 17.7 Å². The fourth-order valence-electron chi connectivity index (χ4n) is 4.33. The van der Waals surface area contributed by atoms with E-state index in [2.05, 4.69) is 9.88 Å². The van der Waals surface area contributed by atoms with Gasteiger partial charge < -0.3 is 14.8 Å². The van der Waals surface area contributed by atoms with Crippen LogP contribution in [0.15, 0.2) is 66.0 Å². The number of nitrogens with zero attached hydrogens (tertiary/aromatic N) is 3. The summed E-state index contributed by atoms with van der Waals surface area (Å²) in [6, 6.07) is 19.2. The SMILES string of the molecule is Cn1c(-c2ccc(NC(=O)C3CCCN3C(=O)Cc3cccs3)cc2)nc2ccccc21. The van der Waals surface area contributed by atoms with Crippen LogP contribution in [0.5, 0.6) is 0 Å². The second-order valence-electron chi connectivity index (χ2n) is 8.05. The van der Waals surface area contributed by atoms with Crippen molar-refractivity contribution in [1.82, 2.24) is 14.5 Å². The topological polar surface area (TPSA) is 67.2 Å². The highest BCUT2D eigenvalue weighted by Gasteiger charge is 2.34. The molecule has 0 radical (unpaired) electrons. The van der Waals surface area contributed by atoms with Crippen LogP contribution in [0.3, 0.4) is 0 Å². The summed E-state index contributed by atoms with van der Waals surface area (Å²) in [4.78, 5) is 33.2. The van der Waals surface area contributed by atoms with Gasteiger partial charge >= 0.3 is 0 Å². The Kier molecular flexibility index (Phi) is 5.49. The number of aromatic nitrogens is 2. The monoisotopic (exact) mass is 444 g/mol. The lowest BCUT2D eigenvalue weighted by Crippen LogP contribution is -2.43. The van der Waals surface area contributed by atoms with Crippen molar-refractivity contribution in [1.29, 1.82) is 0 Å². The number of hydrogen-bond acceptors (Lipinski definition) is 4. The van der Waals surface area contributed by atoms with Crippen LogP contribution >= 0.6 is 11.3 Å². The van der Waals surface area contributed by atoms with E-state index in [4.69, 9.17) is 4.98 Å². The second kappa shape index (κ2) is 8.59. The molecule has 1 aliphatic rings. The molecule has 2 aromatic heterocycles. The molecule has 2 aromatic carbocycles. The van der Waals surface area contributed by atoms with E-state index < -0.39 is 6.04 Å². The number of fused-ring (bicyclic) bond motifs is 1. The summed E-state index contributed by atoms with van der Waals surface area (Å²) in [5, 5.41) is 4.96. The summed E-state index contributed by atoms with van der Waals surface area (Å²) >= 11 is 1.57. The molecule has 1 fully saturated rings. The van der Waals surface area contributed by atoms with Gasteiger partial charge in [-0.3, -0.25) is 9.59 Å². The summed E-state index contributed by atoms with van der Waals surface area (Å²) in [5.74, 6) is 0.769. The third-order valence-corrected chi connectivity index (χ3v) is 6.86. The van der Waals surface area contributed by atoms with Crippen LogP contribution in [0.2, 0.25) is 0 Å². The van der Waals surface area contributed by atoms with Gasteiger partial charge in [-0.15, -0.1) is 11.3 Å². The van der Waals surface area contributed by atoms with Crippen molar-refractivity contribution < 1.29 is 9.59 Å². The first-order chi connectivity index (χ1) is 15.6. The minimum Gasteiger partial charge on any atom is -0.330 e. The predicted octanol–water partition coefficient (Wildman–Crippen LogP) is 4.47. The van der Waals surface area contributed by atoms with Crippen LogP contribution in [-0.4, -0.2) is 38.9 Å². The maximum Gasteiger partial charge on any atom is 0.247 e. The van der Waals surface area contributed by atoms with Gasteiger partial charge in [0.25, 0.3) is 0 Å². The lowest BCUT2D eigenvalue weighted by atomic mass is 10.1. The van der Waals surface area contributed by atoms with Crippen molar-refractivity contribution in [2.45, 2.75) is 25.3 Å². The lowest BCUT2D eigenvalue weighted by molar-refractivity contribution is -0.136. The largest absolute Gasteiger partial charge is 0.330 e. The van der Waals surface area contributed by atoms with Crippen molar-refractivity contribution in [2.24, 2.45) is 7.05 Å². The lowest BCUT2D eigenvalue weighted by Gasteiger charge is -2.24. The number of carbonyl (C=O) groups excluding carboxylic acids is 2. The second-order valence-corrected chi connectivity index (χ2v) is 9.08. The van der Waals surface area contributed by atoms with E-state index in [1.807, 2.05) is 73.1 Å². The zero-order valence-electron chi connectivity index (χ0n) is 17.8. The smallest absolute Gasteiger partial charge is 0.247 e. The number of benzene rings is 2. The van der Waals surface area contributed by atoms with Gasteiger partial charge in [0.05, 0.1) is 17.5 Å². The van der Waals surface area contributed by atoms with Crippen LogP contribution in [0.25, 0.3) is 22.4 Å². The zero-order chi connectivity index (χ0) is 22.1. The molecule has 1 aliphatic heterocycles. The number of hydrogen-bond donors (Lipinski definition) is 1. The van der Waals surface area contributed by atoms with E-state index in [0.717, 1.165) is 39.4 Å². The first kappa shape index (κ1) is 20.5. The van der Waals surface area contributed by atoms with Gasteiger partial charge in [-0.1, -0.05) is 18.2 Å². The highest BCUT2D eigenvalue weighted by atomic mass is 32.1. The van der Waals surface area contributed by atoms with E-state index in [1.54, 1.807) is 16.2 Å². The molecule has 0 saturated carbocycles. The Labute approximate surface area is 190 Å². The van der Waals surface area contributed by atoms with Gasteiger partial charge in [-0.05, 0) is 60.7 Å². The molecular formula is C25H24N4O2S. The van der Waals surface area contributed by atoms with Crippen LogP contribution < -0.4 is 5.32 Å². The van der Waals surface area contributed by atoms with Crippen LogP contribution in [0.4, 0.5) is 5.69 Å². The fraction of sp³-hybridized carbons (Fsp3) is 0.240. The number of rotatable bonds is 5. The average molecular weight is 445 g/mol. The Bertz CT molecular complexity index is 1260. The van der Waals surface area contributed by atoms with Gasteiger partial charge in [0.15, 0.2) is 0 Å². The predicted molar refractivity (Wildman–Crippen MR) is 128 cm³/mol. The minimum absolute atomic E-state index is 0.0160. The number of aryl methyl sites for hydroxylation is 1. The molecule has 0 spiro atoms. The molecule has 0 aliphatic carbocycles. The number of likely N-dealkylation sites (tertiary alicyclic amines) is 1. The van der Waals surface area contributed by atoms with E-state index in [1.165, 1.54) is 0 Å². The van der Waals surface area contributed by atoms with Crippen LogP contribution in [-0.2, 0) is 23.1 Å². The molecule has 0 bridgehead atoms. The number of thiophene rings is 1. The summed E-state index contributed by atoms with van der Waals surface area (Å²) < 4.78 is 2.07. The molecule has 162 valence electrons. The standard InChI is InChI=1S/C25H24N4O2S/c1-28-21-8-3-2-7-20(21)27-24(28)17-10-12-18(13-11-17)26-25(31)22-9-4-14-29(22)23(30)16-19-6-5-15-32-19/h2-3,5-8,10-13,15,22H,4,9,14,16H2,1H3,(H,26,31). The molecule has 3 heterocycles. The van der Waals surface area contributed by atoms with Gasteiger partial charge in [0, 0.05) is 29.7 Å². The highest BCUT2D eigenvalue weighted by Crippen LogP contribution is 2.26. The minimum atomic E-state index is -0.415. The van der Waals surface area contributed by atoms with E-state index in [-0.39, 0.29) is 11.8 Å². The molecule has 4 aromatic rings. The van der Waals surface area contributed by atoms with E-state index in [0.29, 0.717) is 19.4 Å². The molecule has 6 nitrogen and oxygen atoms in total. The third kappa shape index (κ3) is 3.91. The number of nitrogens with one attached hydrogen (secondary N) is 1. The first-order valence-electron chi connectivity index (χ1n) is 10.7. The summed E-state index contributed by atoms with van der Waals surface area (Å²) in [6.07, 6.45) is 1.90. The number of imidazole rings is 1. The Morgan fingerprint density at radius 3 is 2.66 bits per heavy atom. The molecule has 1 atom stereocenters. The number of amides is 2. The van der Waals surface area contributed by atoms with E-state index >= 15 is 0 Å². The van der Waals surface area contributed by atoms with Gasteiger partial charge in [0.1, 0.15) is 11.9 Å². The van der Waals surface area contributed by atoms with Crippen molar-refractivity contribution in [3.05, 3.63) is 70.9 Å². The van der Waals surface area contributed by atoms with Gasteiger partial charge in [-0.2, -0.15) is 0 Å².